The second-order valence-corrected chi connectivity index (χ2v) is 7.35. The number of hydrogen-bond donors (Lipinski definition) is 1. The highest BCUT2D eigenvalue weighted by molar-refractivity contribution is 8.00. The first-order valence-corrected chi connectivity index (χ1v) is 9.76. The Morgan fingerprint density at radius 3 is 2.52 bits per heavy atom. The number of esters is 1. The summed E-state index contributed by atoms with van der Waals surface area (Å²) in [6.45, 7) is 1.53. The largest absolute Gasteiger partial charge is 0.452 e. The molecule has 0 aliphatic carbocycles. The summed E-state index contributed by atoms with van der Waals surface area (Å²) in [4.78, 5) is 25.2. The fraction of sp³-hybridized carbons (Fsp3) is 0.143. The third-order valence-corrected chi connectivity index (χ3v) is 5.18. The first-order valence-electron chi connectivity index (χ1n) is 8.39. The van der Waals surface area contributed by atoms with Gasteiger partial charge in [0.05, 0.1) is 16.5 Å². The Kier molecular flexibility index (Phi) is 6.37. The number of halogens is 1. The van der Waals surface area contributed by atoms with Gasteiger partial charge in [-0.3, -0.25) is 9.59 Å². The molecule has 138 valence electrons. The molecule has 3 aromatic carbocycles. The second kappa shape index (κ2) is 8.93. The minimum absolute atomic E-state index is 0.127. The van der Waals surface area contributed by atoms with Gasteiger partial charge in [-0.1, -0.05) is 54.1 Å². The van der Waals surface area contributed by atoms with Crippen molar-refractivity contribution in [1.29, 1.82) is 0 Å². The summed E-state index contributed by atoms with van der Waals surface area (Å²) < 4.78 is 5.22. The Balaban J connectivity index is 1.52. The number of rotatable bonds is 6. The molecule has 3 aromatic rings. The SMILES string of the molecule is CC(OC(=O)CSc1ccc2ccccc2c1)C(=O)Nc1ccccc1Cl. The van der Waals surface area contributed by atoms with Crippen LogP contribution in [0.1, 0.15) is 6.92 Å². The van der Waals surface area contributed by atoms with E-state index in [0.717, 1.165) is 15.7 Å². The number of carbonyl (C=O) groups is 2. The average Bonchev–Trinajstić information content (AvgIpc) is 2.68. The van der Waals surface area contributed by atoms with E-state index in [1.807, 2.05) is 42.5 Å². The van der Waals surface area contributed by atoms with Gasteiger partial charge in [0.25, 0.3) is 5.91 Å². The summed E-state index contributed by atoms with van der Waals surface area (Å²) >= 11 is 7.39. The van der Waals surface area contributed by atoms with Crippen LogP contribution >= 0.6 is 23.4 Å². The zero-order chi connectivity index (χ0) is 19.2. The van der Waals surface area contributed by atoms with Gasteiger partial charge in [-0.15, -0.1) is 11.8 Å². The van der Waals surface area contributed by atoms with E-state index in [2.05, 4.69) is 5.32 Å². The number of benzene rings is 3. The Morgan fingerprint density at radius 2 is 1.74 bits per heavy atom. The van der Waals surface area contributed by atoms with Crippen LogP contribution in [-0.2, 0) is 14.3 Å². The quantitative estimate of drug-likeness (QED) is 0.459. The molecular weight excluding hydrogens is 382 g/mol. The lowest BCUT2D eigenvalue weighted by Crippen LogP contribution is -2.30. The fourth-order valence-electron chi connectivity index (χ4n) is 2.48. The average molecular weight is 400 g/mol. The molecule has 0 aromatic heterocycles. The van der Waals surface area contributed by atoms with Gasteiger partial charge in [-0.25, -0.2) is 0 Å². The van der Waals surface area contributed by atoms with Gasteiger partial charge < -0.3 is 10.1 Å². The lowest BCUT2D eigenvalue weighted by Gasteiger charge is -2.14. The van der Waals surface area contributed by atoms with Gasteiger partial charge in [0, 0.05) is 4.90 Å². The molecule has 1 N–H and O–H groups in total. The Labute approximate surface area is 166 Å². The van der Waals surface area contributed by atoms with Crippen LogP contribution in [0.15, 0.2) is 71.6 Å². The van der Waals surface area contributed by atoms with E-state index in [-0.39, 0.29) is 5.75 Å². The molecule has 0 radical (unpaired) electrons. The number of ether oxygens (including phenoxy) is 1. The Hall–Kier alpha value is -2.50. The minimum Gasteiger partial charge on any atom is -0.452 e. The molecule has 0 aliphatic rings. The zero-order valence-corrected chi connectivity index (χ0v) is 16.2. The Morgan fingerprint density at radius 1 is 1.04 bits per heavy atom. The van der Waals surface area contributed by atoms with Crippen molar-refractivity contribution in [2.45, 2.75) is 17.9 Å². The first kappa shape index (κ1) is 19.3. The van der Waals surface area contributed by atoms with Crippen molar-refractivity contribution < 1.29 is 14.3 Å². The smallest absolute Gasteiger partial charge is 0.317 e. The van der Waals surface area contributed by atoms with E-state index in [1.54, 1.807) is 24.3 Å². The number of para-hydroxylation sites is 1. The van der Waals surface area contributed by atoms with Gasteiger partial charge in [0.2, 0.25) is 0 Å². The van der Waals surface area contributed by atoms with E-state index < -0.39 is 18.0 Å². The molecule has 0 saturated heterocycles. The highest BCUT2D eigenvalue weighted by Crippen LogP contribution is 2.24. The van der Waals surface area contributed by atoms with Crippen LogP contribution < -0.4 is 5.32 Å². The standard InChI is InChI=1S/C21H18ClNO3S/c1-14(21(25)23-19-9-5-4-8-18(19)22)26-20(24)13-27-17-11-10-15-6-2-3-7-16(15)12-17/h2-12,14H,13H2,1H3,(H,23,25). The minimum atomic E-state index is -0.911. The predicted octanol–water partition coefficient (Wildman–Crippen LogP) is 5.16. The van der Waals surface area contributed by atoms with Crippen molar-refractivity contribution >= 4 is 51.7 Å². The third kappa shape index (κ3) is 5.25. The number of thioether (sulfide) groups is 1. The van der Waals surface area contributed by atoms with E-state index in [9.17, 15) is 9.59 Å². The van der Waals surface area contributed by atoms with Crippen molar-refractivity contribution in [3.05, 3.63) is 71.8 Å². The zero-order valence-electron chi connectivity index (χ0n) is 14.6. The number of anilines is 1. The van der Waals surface area contributed by atoms with E-state index in [0.29, 0.717) is 10.7 Å². The van der Waals surface area contributed by atoms with Crippen molar-refractivity contribution in [2.75, 3.05) is 11.1 Å². The lowest BCUT2D eigenvalue weighted by atomic mass is 10.1. The van der Waals surface area contributed by atoms with Crippen molar-refractivity contribution in [3.8, 4) is 0 Å². The van der Waals surface area contributed by atoms with Crippen molar-refractivity contribution in [3.63, 3.8) is 0 Å². The number of carbonyl (C=O) groups excluding carboxylic acids is 2. The number of amides is 1. The van der Waals surface area contributed by atoms with Gasteiger partial charge in [0.1, 0.15) is 0 Å². The molecule has 6 heteroatoms. The highest BCUT2D eigenvalue weighted by atomic mass is 35.5. The number of fused-ring (bicyclic) bond motifs is 1. The molecule has 0 fully saturated rings. The predicted molar refractivity (Wildman–Crippen MR) is 110 cm³/mol. The number of hydrogen-bond acceptors (Lipinski definition) is 4. The summed E-state index contributed by atoms with van der Waals surface area (Å²) in [6, 6.07) is 20.9. The molecule has 1 atom stereocenters. The van der Waals surface area contributed by atoms with Crippen molar-refractivity contribution in [1.82, 2.24) is 0 Å². The van der Waals surface area contributed by atoms with Crippen LogP contribution in [0.5, 0.6) is 0 Å². The van der Waals surface area contributed by atoms with E-state index in [1.165, 1.54) is 18.7 Å². The molecule has 1 unspecified atom stereocenters. The fourth-order valence-corrected chi connectivity index (χ4v) is 3.39. The van der Waals surface area contributed by atoms with E-state index >= 15 is 0 Å². The first-order chi connectivity index (χ1) is 13.0. The van der Waals surface area contributed by atoms with Crippen LogP contribution in [-0.4, -0.2) is 23.7 Å². The summed E-state index contributed by atoms with van der Waals surface area (Å²) in [5.74, 6) is -0.746. The molecular formula is C21H18ClNO3S. The van der Waals surface area contributed by atoms with Crippen molar-refractivity contribution in [2.24, 2.45) is 0 Å². The summed E-state index contributed by atoms with van der Waals surface area (Å²) in [7, 11) is 0. The maximum absolute atomic E-state index is 12.2. The van der Waals surface area contributed by atoms with Crippen LogP contribution in [0, 0.1) is 0 Å². The molecule has 0 spiro atoms. The van der Waals surface area contributed by atoms with Gasteiger partial charge in [0.15, 0.2) is 6.10 Å². The molecule has 0 saturated carbocycles. The van der Waals surface area contributed by atoms with Gasteiger partial charge in [-0.05, 0) is 42.0 Å². The van der Waals surface area contributed by atoms with Crippen LogP contribution in [0.25, 0.3) is 10.8 Å². The molecule has 0 aliphatic heterocycles. The maximum Gasteiger partial charge on any atom is 0.317 e. The molecule has 27 heavy (non-hydrogen) atoms. The topological polar surface area (TPSA) is 55.4 Å². The van der Waals surface area contributed by atoms with Crippen LogP contribution in [0.2, 0.25) is 5.02 Å². The maximum atomic E-state index is 12.2. The molecule has 4 nitrogen and oxygen atoms in total. The second-order valence-electron chi connectivity index (χ2n) is 5.90. The summed E-state index contributed by atoms with van der Waals surface area (Å²) in [6.07, 6.45) is -0.911. The van der Waals surface area contributed by atoms with Crippen LogP contribution in [0.3, 0.4) is 0 Å². The highest BCUT2D eigenvalue weighted by Gasteiger charge is 2.18. The summed E-state index contributed by atoms with van der Waals surface area (Å²) in [5.41, 5.74) is 0.484. The van der Waals surface area contributed by atoms with Gasteiger partial charge >= 0.3 is 5.97 Å². The van der Waals surface area contributed by atoms with E-state index in [4.69, 9.17) is 16.3 Å². The number of nitrogens with one attached hydrogen (secondary N) is 1. The summed E-state index contributed by atoms with van der Waals surface area (Å²) in [5, 5.41) is 5.34. The third-order valence-electron chi connectivity index (χ3n) is 3.89. The lowest BCUT2D eigenvalue weighted by molar-refractivity contribution is -0.150. The van der Waals surface area contributed by atoms with Gasteiger partial charge in [-0.2, -0.15) is 0 Å². The normalized spacial score (nSPS) is 11.8. The molecule has 1 amide bonds. The molecule has 3 rings (SSSR count). The van der Waals surface area contributed by atoms with Crippen LogP contribution in [0.4, 0.5) is 5.69 Å². The molecule has 0 heterocycles. The Bertz CT molecular complexity index is 976. The monoisotopic (exact) mass is 399 g/mol. The molecule has 0 bridgehead atoms.